The molecule has 1 aliphatic heterocycles. The Bertz CT molecular complexity index is 1080. The lowest BCUT2D eigenvalue weighted by Gasteiger charge is -2.40. The number of anilines is 7. The van der Waals surface area contributed by atoms with Crippen LogP contribution in [0.3, 0.4) is 0 Å². The lowest BCUT2D eigenvalue weighted by Crippen LogP contribution is -2.39. The van der Waals surface area contributed by atoms with Gasteiger partial charge in [0.2, 0.25) is 0 Å². The highest BCUT2D eigenvalue weighted by Gasteiger charge is 2.33. The number of nitrogens with one attached hydrogen (secondary N) is 1. The van der Waals surface area contributed by atoms with Crippen LogP contribution in [-0.4, -0.2) is 40.8 Å². The maximum absolute atomic E-state index is 13.2. The number of fused-ring (bicyclic) bond motifs is 2. The summed E-state index contributed by atoms with van der Waals surface area (Å²) in [5.41, 5.74) is 8.05. The fourth-order valence-corrected chi connectivity index (χ4v) is 4.00. The summed E-state index contributed by atoms with van der Waals surface area (Å²) in [6.07, 6.45) is 0. The minimum atomic E-state index is -0.131. The maximum atomic E-state index is 13.2. The first-order valence-corrected chi connectivity index (χ1v) is 10.9. The van der Waals surface area contributed by atoms with Crippen molar-refractivity contribution in [3.8, 4) is 0 Å². The van der Waals surface area contributed by atoms with Gasteiger partial charge in [-0.05, 0) is 62.4 Å². The van der Waals surface area contributed by atoms with Crippen molar-refractivity contribution in [1.29, 1.82) is 0 Å². The smallest absolute Gasteiger partial charge is 0.326 e. The van der Waals surface area contributed by atoms with E-state index in [1.165, 1.54) is 5.56 Å². The summed E-state index contributed by atoms with van der Waals surface area (Å²) in [6.45, 7) is 4.59. The predicted octanol–water partition coefficient (Wildman–Crippen LogP) is 5.78. The lowest BCUT2D eigenvalue weighted by atomic mass is 10.0. The monoisotopic (exact) mass is 429 g/mol. The van der Waals surface area contributed by atoms with E-state index in [1.54, 1.807) is 4.90 Å². The minimum absolute atomic E-state index is 0.131. The molecule has 3 aromatic rings. The predicted molar refractivity (Wildman–Crippen MR) is 136 cm³/mol. The topological polar surface area (TPSA) is 42.1 Å². The van der Waals surface area contributed by atoms with Crippen molar-refractivity contribution in [2.45, 2.75) is 13.8 Å². The number of carbonyl (C=O) groups excluding carboxylic acids is 1. The van der Waals surface area contributed by atoms with Crippen molar-refractivity contribution in [3.05, 3.63) is 66.2 Å². The molecule has 0 fully saturated rings. The second kappa shape index (κ2) is 8.46. The van der Waals surface area contributed by atoms with E-state index in [1.807, 2.05) is 47.2 Å². The van der Waals surface area contributed by atoms with Gasteiger partial charge >= 0.3 is 6.03 Å². The Morgan fingerprint density at radius 2 is 1.28 bits per heavy atom. The minimum Gasteiger partial charge on any atom is -0.378 e. The molecule has 0 spiro atoms. The molecule has 2 amide bonds. The lowest BCUT2D eigenvalue weighted by molar-refractivity contribution is 0.249. The first-order valence-electron chi connectivity index (χ1n) is 10.9. The Hall–Kier alpha value is -3.67. The molecule has 0 aliphatic carbocycles. The van der Waals surface area contributed by atoms with E-state index in [2.05, 4.69) is 75.5 Å². The number of carbonyl (C=O) groups is 1. The number of hydrogen-bond donors (Lipinski definition) is 1. The number of benzene rings is 3. The molecule has 0 saturated heterocycles. The summed E-state index contributed by atoms with van der Waals surface area (Å²) < 4.78 is 0. The van der Waals surface area contributed by atoms with Crippen LogP contribution < -0.4 is 24.9 Å². The number of aryl methyl sites for hydroxylation is 1. The molecule has 166 valence electrons. The van der Waals surface area contributed by atoms with E-state index >= 15 is 0 Å². The number of rotatable bonds is 4. The highest BCUT2D eigenvalue weighted by Crippen LogP contribution is 2.53. The second-order valence-electron chi connectivity index (χ2n) is 8.48. The van der Waals surface area contributed by atoms with Gasteiger partial charge in [-0.15, -0.1) is 0 Å². The molecule has 32 heavy (non-hydrogen) atoms. The Labute approximate surface area is 190 Å². The van der Waals surface area contributed by atoms with Gasteiger partial charge in [0.05, 0.1) is 22.7 Å². The number of urea groups is 1. The quantitative estimate of drug-likeness (QED) is 0.571. The van der Waals surface area contributed by atoms with Crippen molar-refractivity contribution < 1.29 is 4.79 Å². The van der Waals surface area contributed by atoms with Gasteiger partial charge in [-0.3, -0.25) is 4.90 Å². The molecule has 0 saturated carbocycles. The molecule has 0 unspecified atom stereocenters. The van der Waals surface area contributed by atoms with Crippen LogP contribution >= 0.6 is 0 Å². The largest absolute Gasteiger partial charge is 0.378 e. The van der Waals surface area contributed by atoms with Gasteiger partial charge in [0, 0.05) is 51.8 Å². The third-order valence-electron chi connectivity index (χ3n) is 5.74. The zero-order valence-corrected chi connectivity index (χ0v) is 19.7. The maximum Gasteiger partial charge on any atom is 0.326 e. The van der Waals surface area contributed by atoms with Crippen molar-refractivity contribution in [2.75, 3.05) is 54.3 Å². The van der Waals surface area contributed by atoms with E-state index in [0.717, 1.165) is 39.8 Å². The van der Waals surface area contributed by atoms with Crippen molar-refractivity contribution in [3.63, 3.8) is 0 Å². The van der Waals surface area contributed by atoms with Crippen molar-refractivity contribution in [2.24, 2.45) is 0 Å². The molecule has 0 aromatic heterocycles. The Kier molecular flexibility index (Phi) is 5.70. The van der Waals surface area contributed by atoms with Crippen LogP contribution in [0, 0.1) is 6.92 Å². The summed E-state index contributed by atoms with van der Waals surface area (Å²) in [7, 11) is 8.11. The molecule has 1 N–H and O–H groups in total. The first-order chi connectivity index (χ1) is 15.3. The van der Waals surface area contributed by atoms with Gasteiger partial charge in [-0.25, -0.2) is 4.79 Å². The normalized spacial score (nSPS) is 12.2. The first kappa shape index (κ1) is 21.6. The van der Waals surface area contributed by atoms with Crippen LogP contribution in [0.2, 0.25) is 0 Å². The van der Waals surface area contributed by atoms with E-state index in [-0.39, 0.29) is 6.03 Å². The number of nitrogens with zero attached hydrogens (tertiary/aromatic N) is 4. The van der Waals surface area contributed by atoms with E-state index < -0.39 is 0 Å². The van der Waals surface area contributed by atoms with Crippen LogP contribution in [0.25, 0.3) is 0 Å². The van der Waals surface area contributed by atoms with Crippen LogP contribution in [0.5, 0.6) is 0 Å². The standard InChI is InChI=1S/C26H31N5O/c1-7-27-26(32)31-22-14-12-20(28(3)4)16-24(22)30(19-10-8-18(2)9-11-19)25-17-21(29(5)6)13-15-23(25)31/h8-17H,7H2,1-6H3,(H,27,32). The molecule has 6 heteroatoms. The van der Waals surface area contributed by atoms with Crippen molar-refractivity contribution in [1.82, 2.24) is 5.32 Å². The molecule has 0 bridgehead atoms. The molecule has 0 radical (unpaired) electrons. The number of amides is 2. The summed E-state index contributed by atoms with van der Waals surface area (Å²) in [4.78, 5) is 21.4. The SMILES string of the molecule is CCNC(=O)N1c2ccc(N(C)C)cc2N(c2ccc(C)cc2)c2cc(N(C)C)ccc21. The molecule has 1 aliphatic rings. The Balaban J connectivity index is 2.02. The van der Waals surface area contributed by atoms with Gasteiger partial charge in [0.25, 0.3) is 0 Å². The Morgan fingerprint density at radius 1 is 0.781 bits per heavy atom. The molecular weight excluding hydrogens is 398 g/mol. The third kappa shape index (κ3) is 3.73. The molecule has 0 atom stereocenters. The molecular formula is C26H31N5O. The summed E-state index contributed by atoms with van der Waals surface area (Å²) in [5, 5.41) is 2.98. The van der Waals surface area contributed by atoms with Gasteiger partial charge in [-0.1, -0.05) is 17.7 Å². The highest BCUT2D eigenvalue weighted by molar-refractivity contribution is 6.11. The number of hydrogen-bond acceptors (Lipinski definition) is 4. The van der Waals surface area contributed by atoms with E-state index in [0.29, 0.717) is 6.54 Å². The third-order valence-corrected chi connectivity index (χ3v) is 5.74. The fraction of sp³-hybridized carbons (Fsp3) is 0.269. The van der Waals surface area contributed by atoms with Gasteiger partial charge in [0.1, 0.15) is 0 Å². The summed E-state index contributed by atoms with van der Waals surface area (Å²) in [5.74, 6) is 0. The van der Waals surface area contributed by atoms with Gasteiger partial charge < -0.3 is 20.0 Å². The summed E-state index contributed by atoms with van der Waals surface area (Å²) in [6, 6.07) is 20.8. The van der Waals surface area contributed by atoms with Crippen LogP contribution in [0.1, 0.15) is 12.5 Å². The van der Waals surface area contributed by atoms with Crippen LogP contribution in [0.4, 0.5) is 44.6 Å². The van der Waals surface area contributed by atoms with Gasteiger partial charge in [-0.2, -0.15) is 0 Å². The average molecular weight is 430 g/mol. The second-order valence-corrected chi connectivity index (χ2v) is 8.48. The van der Waals surface area contributed by atoms with Gasteiger partial charge in [0.15, 0.2) is 0 Å². The summed E-state index contributed by atoms with van der Waals surface area (Å²) >= 11 is 0. The van der Waals surface area contributed by atoms with E-state index in [4.69, 9.17) is 0 Å². The molecule has 1 heterocycles. The molecule has 6 nitrogen and oxygen atoms in total. The Morgan fingerprint density at radius 3 is 1.72 bits per heavy atom. The van der Waals surface area contributed by atoms with Crippen LogP contribution in [0.15, 0.2) is 60.7 Å². The molecule has 3 aromatic carbocycles. The average Bonchev–Trinajstić information content (AvgIpc) is 2.77. The van der Waals surface area contributed by atoms with Crippen LogP contribution in [-0.2, 0) is 0 Å². The fourth-order valence-electron chi connectivity index (χ4n) is 4.00. The van der Waals surface area contributed by atoms with Crippen molar-refractivity contribution >= 4 is 45.8 Å². The van der Waals surface area contributed by atoms with E-state index in [9.17, 15) is 4.79 Å². The molecule has 4 rings (SSSR count). The zero-order valence-electron chi connectivity index (χ0n) is 19.7. The highest BCUT2D eigenvalue weighted by atomic mass is 16.2. The zero-order chi connectivity index (χ0) is 23.0.